The van der Waals surface area contributed by atoms with E-state index in [2.05, 4.69) is 36.1 Å². The van der Waals surface area contributed by atoms with E-state index in [1.807, 2.05) is 24.3 Å². The Balaban J connectivity index is 2.29. The van der Waals surface area contributed by atoms with Crippen molar-refractivity contribution < 1.29 is 0 Å². The highest BCUT2D eigenvalue weighted by molar-refractivity contribution is 9.10. The summed E-state index contributed by atoms with van der Waals surface area (Å²) in [6, 6.07) is 7.50. The van der Waals surface area contributed by atoms with Crippen LogP contribution in [0.25, 0.3) is 22.3 Å². The van der Waals surface area contributed by atoms with Crippen molar-refractivity contribution in [3.63, 3.8) is 0 Å². The molecule has 3 rings (SSSR count). The first-order valence-electron chi connectivity index (χ1n) is 4.86. The van der Waals surface area contributed by atoms with E-state index in [1.165, 1.54) is 6.33 Å². The van der Waals surface area contributed by atoms with Crippen LogP contribution in [0.3, 0.4) is 0 Å². The summed E-state index contributed by atoms with van der Waals surface area (Å²) in [5.74, 6) is 0. The second kappa shape index (κ2) is 4.09. The zero-order valence-corrected chi connectivity index (χ0v) is 10.8. The molecule has 0 unspecified atom stereocenters. The molecule has 3 aromatic rings. The summed E-state index contributed by atoms with van der Waals surface area (Å²) < 4.78 is 0.776. The lowest BCUT2D eigenvalue weighted by Gasteiger charge is -2.01. The quantitative estimate of drug-likeness (QED) is 0.749. The Morgan fingerprint density at radius 1 is 1.12 bits per heavy atom. The van der Waals surface area contributed by atoms with Crippen LogP contribution in [-0.4, -0.2) is 20.2 Å². The molecular weight excluding hydrogens is 304 g/mol. The van der Waals surface area contributed by atoms with Crippen molar-refractivity contribution in [2.24, 2.45) is 0 Å². The highest BCUT2D eigenvalue weighted by Crippen LogP contribution is 2.29. The lowest BCUT2D eigenvalue weighted by molar-refractivity contribution is 1.07. The summed E-state index contributed by atoms with van der Waals surface area (Å²) in [7, 11) is 0. The molecule has 0 atom stereocenters. The molecule has 17 heavy (non-hydrogen) atoms. The van der Waals surface area contributed by atoms with Gasteiger partial charge in [-0.3, -0.25) is 5.10 Å². The van der Waals surface area contributed by atoms with Gasteiger partial charge in [0.25, 0.3) is 0 Å². The molecule has 0 fully saturated rings. The number of benzene rings is 1. The number of hydrogen-bond acceptors (Lipinski definition) is 3. The van der Waals surface area contributed by atoms with Crippen LogP contribution in [0.5, 0.6) is 0 Å². The van der Waals surface area contributed by atoms with Crippen molar-refractivity contribution in [1.29, 1.82) is 0 Å². The fraction of sp³-hybridized carbons (Fsp3) is 0. The number of fused-ring (bicyclic) bond motifs is 1. The zero-order valence-electron chi connectivity index (χ0n) is 8.48. The summed E-state index contributed by atoms with van der Waals surface area (Å²) in [6.45, 7) is 0. The van der Waals surface area contributed by atoms with E-state index in [0.717, 1.165) is 21.2 Å². The Bertz CT molecular complexity index is 678. The van der Waals surface area contributed by atoms with Crippen LogP contribution in [0.4, 0.5) is 0 Å². The molecule has 0 bridgehead atoms. The fourth-order valence-electron chi connectivity index (χ4n) is 1.65. The maximum atomic E-state index is 5.87. The maximum Gasteiger partial charge on any atom is 0.185 e. The van der Waals surface area contributed by atoms with Crippen LogP contribution in [0.2, 0.25) is 5.02 Å². The maximum absolute atomic E-state index is 5.87. The lowest BCUT2D eigenvalue weighted by Crippen LogP contribution is -1.87. The average molecular weight is 310 g/mol. The standard InChI is InChI=1S/C11H6BrClN4/c12-10-8-9(6-1-3-7(13)4-2-6)14-5-15-11(8)17-16-10/h1-5H,(H,14,15,16,17). The molecular formula is C11H6BrClN4. The molecule has 2 heterocycles. The second-order valence-electron chi connectivity index (χ2n) is 3.47. The molecule has 0 saturated carbocycles. The van der Waals surface area contributed by atoms with Gasteiger partial charge in [-0.2, -0.15) is 5.10 Å². The molecule has 0 amide bonds. The summed E-state index contributed by atoms with van der Waals surface area (Å²) in [4.78, 5) is 8.39. The summed E-state index contributed by atoms with van der Waals surface area (Å²) >= 11 is 9.27. The van der Waals surface area contributed by atoms with Crippen molar-refractivity contribution in [2.75, 3.05) is 0 Å². The van der Waals surface area contributed by atoms with Crippen LogP contribution < -0.4 is 0 Å². The van der Waals surface area contributed by atoms with Gasteiger partial charge in [0, 0.05) is 10.6 Å². The second-order valence-corrected chi connectivity index (χ2v) is 4.69. The summed E-state index contributed by atoms with van der Waals surface area (Å²) in [6.07, 6.45) is 1.50. The van der Waals surface area contributed by atoms with Gasteiger partial charge in [0.1, 0.15) is 10.9 Å². The number of nitrogens with one attached hydrogen (secondary N) is 1. The van der Waals surface area contributed by atoms with Gasteiger partial charge in [0.05, 0.1) is 11.1 Å². The van der Waals surface area contributed by atoms with E-state index in [4.69, 9.17) is 11.6 Å². The third-order valence-corrected chi connectivity index (χ3v) is 3.25. The van der Waals surface area contributed by atoms with E-state index in [9.17, 15) is 0 Å². The van der Waals surface area contributed by atoms with Crippen LogP contribution in [-0.2, 0) is 0 Å². The minimum atomic E-state index is 0.636. The normalized spacial score (nSPS) is 10.9. The van der Waals surface area contributed by atoms with Crippen LogP contribution in [0, 0.1) is 0 Å². The van der Waals surface area contributed by atoms with Gasteiger partial charge in [0.2, 0.25) is 0 Å². The van der Waals surface area contributed by atoms with Gasteiger partial charge in [-0.15, -0.1) is 0 Å². The predicted molar refractivity (Wildman–Crippen MR) is 69.8 cm³/mol. The van der Waals surface area contributed by atoms with Crippen LogP contribution in [0.15, 0.2) is 35.2 Å². The monoisotopic (exact) mass is 308 g/mol. The van der Waals surface area contributed by atoms with Crippen LogP contribution in [0.1, 0.15) is 0 Å². The molecule has 0 spiro atoms. The van der Waals surface area contributed by atoms with Crippen molar-refractivity contribution >= 4 is 38.6 Å². The predicted octanol–water partition coefficient (Wildman–Crippen LogP) is 3.44. The summed E-state index contributed by atoms with van der Waals surface area (Å²) in [5.41, 5.74) is 2.44. The number of hydrogen-bond donors (Lipinski definition) is 1. The third-order valence-electron chi connectivity index (χ3n) is 2.42. The first-order valence-corrected chi connectivity index (χ1v) is 6.03. The average Bonchev–Trinajstić information content (AvgIpc) is 2.73. The Labute approximate surface area is 110 Å². The van der Waals surface area contributed by atoms with Gasteiger partial charge in [0.15, 0.2) is 5.65 Å². The van der Waals surface area contributed by atoms with Gasteiger partial charge < -0.3 is 0 Å². The molecule has 4 nitrogen and oxygen atoms in total. The number of nitrogens with zero attached hydrogens (tertiary/aromatic N) is 3. The molecule has 84 valence electrons. The number of rotatable bonds is 1. The van der Waals surface area contributed by atoms with Gasteiger partial charge >= 0.3 is 0 Å². The molecule has 0 aliphatic rings. The SMILES string of the molecule is Clc1ccc(-c2ncnc3n[nH]c(Br)c23)cc1. The lowest BCUT2D eigenvalue weighted by atomic mass is 10.1. The highest BCUT2D eigenvalue weighted by Gasteiger charge is 2.11. The molecule has 2 aromatic heterocycles. The minimum Gasteiger partial charge on any atom is -0.269 e. The number of aromatic amines is 1. The van der Waals surface area contributed by atoms with Gasteiger partial charge in [-0.1, -0.05) is 23.7 Å². The van der Waals surface area contributed by atoms with Crippen LogP contribution >= 0.6 is 27.5 Å². The van der Waals surface area contributed by atoms with Crippen molar-refractivity contribution in [3.05, 3.63) is 40.2 Å². The smallest absolute Gasteiger partial charge is 0.185 e. The molecule has 0 aliphatic carbocycles. The van der Waals surface area contributed by atoms with Crippen molar-refractivity contribution in [1.82, 2.24) is 20.2 Å². The Kier molecular flexibility index (Phi) is 2.57. The largest absolute Gasteiger partial charge is 0.269 e. The molecule has 6 heteroatoms. The summed E-state index contributed by atoms with van der Waals surface area (Å²) in [5, 5.41) is 8.48. The number of halogens is 2. The van der Waals surface area contributed by atoms with E-state index < -0.39 is 0 Å². The van der Waals surface area contributed by atoms with Gasteiger partial charge in [-0.05, 0) is 28.1 Å². The number of aromatic nitrogens is 4. The Morgan fingerprint density at radius 2 is 1.88 bits per heavy atom. The van der Waals surface area contributed by atoms with Crippen molar-refractivity contribution in [2.45, 2.75) is 0 Å². The first kappa shape index (κ1) is 10.7. The van der Waals surface area contributed by atoms with Gasteiger partial charge in [-0.25, -0.2) is 9.97 Å². The molecule has 0 aliphatic heterocycles. The topological polar surface area (TPSA) is 54.5 Å². The Morgan fingerprint density at radius 3 is 2.65 bits per heavy atom. The molecule has 1 aromatic carbocycles. The van der Waals surface area contributed by atoms with E-state index >= 15 is 0 Å². The molecule has 1 N–H and O–H groups in total. The molecule has 0 saturated heterocycles. The zero-order chi connectivity index (χ0) is 11.8. The fourth-order valence-corrected chi connectivity index (χ4v) is 2.23. The number of H-pyrrole nitrogens is 1. The van der Waals surface area contributed by atoms with Crippen molar-refractivity contribution in [3.8, 4) is 11.3 Å². The minimum absolute atomic E-state index is 0.636. The van der Waals surface area contributed by atoms with E-state index in [0.29, 0.717) is 10.7 Å². The van der Waals surface area contributed by atoms with E-state index in [1.54, 1.807) is 0 Å². The molecule has 0 radical (unpaired) electrons. The first-order chi connectivity index (χ1) is 8.25. The van der Waals surface area contributed by atoms with E-state index in [-0.39, 0.29) is 0 Å². The Hall–Kier alpha value is -1.46. The third kappa shape index (κ3) is 1.81. The highest BCUT2D eigenvalue weighted by atomic mass is 79.9.